The van der Waals surface area contributed by atoms with E-state index in [1.165, 1.54) is 11.8 Å². The molecule has 0 unspecified atom stereocenters. The Kier molecular flexibility index (Phi) is 10.2. The fraction of sp³-hybridized carbons (Fsp3) is 0.417. The Labute approximate surface area is 194 Å². The van der Waals surface area contributed by atoms with Gasteiger partial charge in [0, 0.05) is 23.4 Å². The first-order valence-electron chi connectivity index (χ1n) is 10.4. The van der Waals surface area contributed by atoms with E-state index in [0.717, 1.165) is 23.3 Å². The minimum atomic E-state index is -0.598. The van der Waals surface area contributed by atoms with Crippen molar-refractivity contribution in [2.45, 2.75) is 51.6 Å². The first-order valence-corrected chi connectivity index (χ1v) is 11.9. The summed E-state index contributed by atoms with van der Waals surface area (Å²) in [7, 11) is 1.63. The molecule has 31 heavy (non-hydrogen) atoms. The maximum Gasteiger partial charge on any atom is 0.242 e. The second-order valence-electron chi connectivity index (χ2n) is 7.45. The molecular weight excluding hydrogens is 432 g/mol. The number of ether oxygens (including phenoxy) is 1. The number of hydrogen-bond donors (Lipinski definition) is 1. The van der Waals surface area contributed by atoms with Gasteiger partial charge < -0.3 is 15.0 Å². The molecule has 0 aromatic heterocycles. The number of nitrogens with one attached hydrogen (secondary N) is 1. The molecule has 7 heteroatoms. The summed E-state index contributed by atoms with van der Waals surface area (Å²) in [6.45, 7) is 6.02. The number of halogens is 1. The number of benzene rings is 2. The fourth-order valence-corrected chi connectivity index (χ4v) is 3.99. The van der Waals surface area contributed by atoms with Gasteiger partial charge in [0.1, 0.15) is 11.8 Å². The lowest BCUT2D eigenvalue weighted by molar-refractivity contribution is -0.138. The van der Waals surface area contributed by atoms with Gasteiger partial charge >= 0.3 is 0 Å². The van der Waals surface area contributed by atoms with Gasteiger partial charge in [0.25, 0.3) is 0 Å². The molecule has 2 rings (SSSR count). The molecule has 5 nitrogen and oxygen atoms in total. The van der Waals surface area contributed by atoms with E-state index in [-0.39, 0.29) is 30.2 Å². The highest BCUT2D eigenvalue weighted by atomic mass is 35.5. The Bertz CT molecular complexity index is 860. The van der Waals surface area contributed by atoms with Gasteiger partial charge in [0.2, 0.25) is 11.8 Å². The van der Waals surface area contributed by atoms with E-state index in [0.29, 0.717) is 10.8 Å². The van der Waals surface area contributed by atoms with Crippen molar-refractivity contribution in [3.8, 4) is 5.75 Å². The first-order chi connectivity index (χ1) is 14.8. The molecule has 2 aromatic rings. The van der Waals surface area contributed by atoms with Crippen LogP contribution in [0.25, 0.3) is 0 Å². The normalized spacial score (nSPS) is 12.7. The highest BCUT2D eigenvalue weighted by Crippen LogP contribution is 2.21. The van der Waals surface area contributed by atoms with E-state index in [2.05, 4.69) is 5.32 Å². The van der Waals surface area contributed by atoms with E-state index in [1.54, 1.807) is 25.0 Å². The van der Waals surface area contributed by atoms with Gasteiger partial charge in [-0.2, -0.15) is 0 Å². The molecule has 0 spiro atoms. The molecule has 0 radical (unpaired) electrons. The molecule has 2 aromatic carbocycles. The lowest BCUT2D eigenvalue weighted by atomic mass is 10.1. The molecule has 0 heterocycles. The van der Waals surface area contributed by atoms with Crippen molar-refractivity contribution in [1.29, 1.82) is 0 Å². The van der Waals surface area contributed by atoms with Crippen LogP contribution in [-0.2, 0) is 21.9 Å². The second kappa shape index (κ2) is 12.6. The second-order valence-corrected chi connectivity index (χ2v) is 8.84. The lowest BCUT2D eigenvalue weighted by Crippen LogP contribution is -2.50. The van der Waals surface area contributed by atoms with Crippen molar-refractivity contribution < 1.29 is 14.3 Å². The summed E-state index contributed by atoms with van der Waals surface area (Å²) in [6, 6.07) is 14.6. The SMILES string of the molecule is CC[C@@H](C)NC(=O)[C@@H](C)N(Cc1ccccc1Cl)C(=O)CSCc1ccc(OC)cc1. The number of hydrogen-bond acceptors (Lipinski definition) is 4. The van der Waals surface area contributed by atoms with E-state index < -0.39 is 6.04 Å². The predicted octanol–water partition coefficient (Wildman–Crippen LogP) is 4.91. The number of rotatable bonds is 11. The topological polar surface area (TPSA) is 58.6 Å². The minimum Gasteiger partial charge on any atom is -0.497 e. The quantitative estimate of drug-likeness (QED) is 0.515. The highest BCUT2D eigenvalue weighted by Gasteiger charge is 2.27. The van der Waals surface area contributed by atoms with Gasteiger partial charge in [-0.25, -0.2) is 0 Å². The molecular formula is C24H31ClN2O3S. The number of amides is 2. The maximum absolute atomic E-state index is 13.1. The Hall–Kier alpha value is -2.18. The minimum absolute atomic E-state index is 0.0525. The lowest BCUT2D eigenvalue weighted by Gasteiger charge is -2.30. The van der Waals surface area contributed by atoms with Crippen LogP contribution in [0.1, 0.15) is 38.3 Å². The Balaban J connectivity index is 2.07. The van der Waals surface area contributed by atoms with E-state index in [1.807, 2.05) is 56.3 Å². The summed E-state index contributed by atoms with van der Waals surface area (Å²) in [6.07, 6.45) is 0.828. The zero-order valence-electron chi connectivity index (χ0n) is 18.6. The van der Waals surface area contributed by atoms with Crippen LogP contribution < -0.4 is 10.1 Å². The van der Waals surface area contributed by atoms with Gasteiger partial charge in [-0.15, -0.1) is 11.8 Å². The smallest absolute Gasteiger partial charge is 0.242 e. The molecule has 0 saturated carbocycles. The summed E-state index contributed by atoms with van der Waals surface area (Å²) in [5.74, 6) is 1.53. The average molecular weight is 463 g/mol. The van der Waals surface area contributed by atoms with Crippen molar-refractivity contribution in [3.05, 3.63) is 64.7 Å². The standard InChI is InChI=1S/C24H31ClN2O3S/c1-5-17(2)26-24(29)18(3)27(14-20-8-6-7-9-22(20)25)23(28)16-31-15-19-10-12-21(30-4)13-11-19/h6-13,17-18H,5,14-16H2,1-4H3,(H,26,29)/t17-,18-/m1/s1. The third kappa shape index (κ3) is 7.78. The maximum atomic E-state index is 13.1. The summed E-state index contributed by atoms with van der Waals surface area (Å²) < 4.78 is 5.18. The molecule has 0 aliphatic carbocycles. The summed E-state index contributed by atoms with van der Waals surface area (Å²) in [5, 5.41) is 3.56. The van der Waals surface area contributed by atoms with Gasteiger partial charge in [-0.1, -0.05) is 48.9 Å². The van der Waals surface area contributed by atoms with Gasteiger partial charge in [-0.3, -0.25) is 9.59 Å². The number of carbonyl (C=O) groups excluding carboxylic acids is 2. The van der Waals surface area contributed by atoms with Crippen molar-refractivity contribution in [1.82, 2.24) is 10.2 Å². The molecule has 0 aliphatic rings. The van der Waals surface area contributed by atoms with Gasteiger partial charge in [0.15, 0.2) is 0 Å². The number of nitrogens with zero attached hydrogens (tertiary/aromatic N) is 1. The Morgan fingerprint density at radius 2 is 1.81 bits per heavy atom. The van der Waals surface area contributed by atoms with Crippen molar-refractivity contribution in [2.75, 3.05) is 12.9 Å². The van der Waals surface area contributed by atoms with Gasteiger partial charge in [0.05, 0.1) is 12.9 Å². The number of methoxy groups -OCH3 is 1. The van der Waals surface area contributed by atoms with Crippen LogP contribution in [0.15, 0.2) is 48.5 Å². The third-order valence-electron chi connectivity index (χ3n) is 5.12. The van der Waals surface area contributed by atoms with Crippen LogP contribution in [0.3, 0.4) is 0 Å². The molecule has 2 amide bonds. The molecule has 1 N–H and O–H groups in total. The first kappa shape index (κ1) is 25.1. The Morgan fingerprint density at radius 1 is 1.13 bits per heavy atom. The summed E-state index contributed by atoms with van der Waals surface area (Å²) >= 11 is 7.84. The zero-order chi connectivity index (χ0) is 22.8. The number of thioether (sulfide) groups is 1. The Morgan fingerprint density at radius 3 is 2.42 bits per heavy atom. The monoisotopic (exact) mass is 462 g/mol. The number of carbonyl (C=O) groups is 2. The molecule has 2 atom stereocenters. The van der Waals surface area contributed by atoms with Crippen LogP contribution in [0.4, 0.5) is 0 Å². The third-order valence-corrected chi connectivity index (χ3v) is 6.48. The van der Waals surface area contributed by atoms with Gasteiger partial charge in [-0.05, 0) is 49.6 Å². The fourth-order valence-electron chi connectivity index (χ4n) is 2.92. The zero-order valence-corrected chi connectivity index (χ0v) is 20.1. The molecule has 0 saturated heterocycles. The molecule has 0 bridgehead atoms. The summed E-state index contributed by atoms with van der Waals surface area (Å²) in [5.41, 5.74) is 1.93. The van der Waals surface area contributed by atoms with Crippen LogP contribution in [0.2, 0.25) is 5.02 Å². The van der Waals surface area contributed by atoms with Crippen LogP contribution in [0, 0.1) is 0 Å². The van der Waals surface area contributed by atoms with Crippen molar-refractivity contribution in [2.24, 2.45) is 0 Å². The van der Waals surface area contributed by atoms with Crippen LogP contribution in [0.5, 0.6) is 5.75 Å². The van der Waals surface area contributed by atoms with Crippen LogP contribution in [-0.4, -0.2) is 41.7 Å². The highest BCUT2D eigenvalue weighted by molar-refractivity contribution is 7.99. The molecule has 0 aliphatic heterocycles. The predicted molar refractivity (Wildman–Crippen MR) is 129 cm³/mol. The van der Waals surface area contributed by atoms with E-state index >= 15 is 0 Å². The largest absolute Gasteiger partial charge is 0.497 e. The van der Waals surface area contributed by atoms with E-state index in [4.69, 9.17) is 16.3 Å². The van der Waals surface area contributed by atoms with Crippen LogP contribution >= 0.6 is 23.4 Å². The average Bonchev–Trinajstić information content (AvgIpc) is 2.78. The van der Waals surface area contributed by atoms with Crippen molar-refractivity contribution >= 4 is 35.2 Å². The molecule has 0 fully saturated rings. The molecule has 168 valence electrons. The van der Waals surface area contributed by atoms with E-state index in [9.17, 15) is 9.59 Å². The summed E-state index contributed by atoms with van der Waals surface area (Å²) in [4.78, 5) is 27.5. The van der Waals surface area contributed by atoms with Crippen molar-refractivity contribution in [3.63, 3.8) is 0 Å².